The number of hydrogen-bond donors (Lipinski definition) is 3. The smallest absolute Gasteiger partial charge is 0.478 e. The minimum absolute atomic E-state index is 0.157. The Labute approximate surface area is 164 Å². The van der Waals surface area contributed by atoms with Crippen molar-refractivity contribution in [2.75, 3.05) is 17.3 Å². The number of carboxylic acid groups (broad SMARTS) is 2. The van der Waals surface area contributed by atoms with Gasteiger partial charge in [0.1, 0.15) is 0 Å². The van der Waals surface area contributed by atoms with E-state index < -0.39 is 18.1 Å². The number of amides is 1. The van der Waals surface area contributed by atoms with Crippen molar-refractivity contribution >= 4 is 29.2 Å². The number of halogens is 3. The van der Waals surface area contributed by atoms with Crippen LogP contribution in [0.15, 0.2) is 48.5 Å². The van der Waals surface area contributed by atoms with E-state index in [1.807, 2.05) is 42.3 Å². The van der Waals surface area contributed by atoms with Gasteiger partial charge in [-0.1, -0.05) is 30.3 Å². The first-order valence-electron chi connectivity index (χ1n) is 8.12. The fraction of sp³-hybridized carbons (Fsp3) is 0.211. The van der Waals surface area contributed by atoms with E-state index in [9.17, 15) is 27.9 Å². The van der Waals surface area contributed by atoms with Crippen LogP contribution in [0.1, 0.15) is 22.8 Å². The van der Waals surface area contributed by atoms with Gasteiger partial charge in [-0.2, -0.15) is 13.2 Å². The van der Waals surface area contributed by atoms with Crippen LogP contribution >= 0.6 is 0 Å². The molecule has 0 aliphatic rings. The summed E-state index contributed by atoms with van der Waals surface area (Å²) in [6.07, 6.45) is -5.08. The predicted molar refractivity (Wildman–Crippen MR) is 99.9 cm³/mol. The minimum Gasteiger partial charge on any atom is -0.478 e. The number of hydrogen-bond acceptors (Lipinski definition) is 4. The normalized spacial score (nSPS) is 10.4. The molecule has 3 N–H and O–H groups in total. The quantitative estimate of drug-likeness (QED) is 0.693. The number of nitrogens with one attached hydrogen (secondary N) is 1. The van der Waals surface area contributed by atoms with Crippen molar-refractivity contribution in [3.8, 4) is 0 Å². The Morgan fingerprint density at radius 1 is 1.03 bits per heavy atom. The molecule has 0 saturated heterocycles. The van der Waals surface area contributed by atoms with E-state index in [1.165, 1.54) is 13.0 Å². The summed E-state index contributed by atoms with van der Waals surface area (Å²) in [5.41, 5.74) is 2.32. The Balaban J connectivity index is 0.000000516. The zero-order valence-corrected chi connectivity index (χ0v) is 15.5. The summed E-state index contributed by atoms with van der Waals surface area (Å²) in [6, 6.07) is 14.7. The van der Waals surface area contributed by atoms with E-state index in [-0.39, 0.29) is 11.5 Å². The molecule has 0 heterocycles. The van der Waals surface area contributed by atoms with Gasteiger partial charge in [0, 0.05) is 26.2 Å². The maximum absolute atomic E-state index is 11.5. The largest absolute Gasteiger partial charge is 0.490 e. The molecule has 0 unspecified atom stereocenters. The monoisotopic (exact) mass is 412 g/mol. The molecule has 2 aromatic carbocycles. The summed E-state index contributed by atoms with van der Waals surface area (Å²) in [4.78, 5) is 33.3. The van der Waals surface area contributed by atoms with Crippen molar-refractivity contribution in [2.24, 2.45) is 0 Å². The first kappa shape index (κ1) is 23.5. The van der Waals surface area contributed by atoms with Crippen LogP contribution in [-0.4, -0.2) is 41.3 Å². The van der Waals surface area contributed by atoms with Crippen molar-refractivity contribution in [3.05, 3.63) is 59.7 Å². The van der Waals surface area contributed by atoms with Crippen LogP contribution in [0.3, 0.4) is 0 Å². The topological polar surface area (TPSA) is 107 Å². The van der Waals surface area contributed by atoms with Crippen LogP contribution in [0, 0.1) is 0 Å². The SMILES string of the molecule is CC(=O)Nc1ccc(N(C)Cc2ccccc2)c(C(=O)O)c1.O=C(O)C(F)(F)F. The highest BCUT2D eigenvalue weighted by Crippen LogP contribution is 2.25. The first-order chi connectivity index (χ1) is 13.4. The van der Waals surface area contributed by atoms with Gasteiger partial charge in [-0.25, -0.2) is 9.59 Å². The molecule has 0 aromatic heterocycles. The van der Waals surface area contributed by atoms with Crippen molar-refractivity contribution in [3.63, 3.8) is 0 Å². The number of alkyl halides is 3. The van der Waals surface area contributed by atoms with Crippen LogP contribution in [0.25, 0.3) is 0 Å². The third-order valence-electron chi connectivity index (χ3n) is 3.46. The van der Waals surface area contributed by atoms with Gasteiger partial charge in [0.05, 0.1) is 11.3 Å². The molecule has 0 fully saturated rings. The Hall–Kier alpha value is -3.56. The average molecular weight is 412 g/mol. The summed E-state index contributed by atoms with van der Waals surface area (Å²) in [6.45, 7) is 1.98. The van der Waals surface area contributed by atoms with Gasteiger partial charge in [0.25, 0.3) is 0 Å². The lowest BCUT2D eigenvalue weighted by molar-refractivity contribution is -0.192. The molecule has 7 nitrogen and oxygen atoms in total. The fourth-order valence-electron chi connectivity index (χ4n) is 2.26. The number of aliphatic carboxylic acids is 1. The van der Waals surface area contributed by atoms with Gasteiger partial charge >= 0.3 is 18.1 Å². The van der Waals surface area contributed by atoms with Crippen LogP contribution in [0.5, 0.6) is 0 Å². The molecular formula is C19H19F3N2O5. The highest BCUT2D eigenvalue weighted by Gasteiger charge is 2.38. The summed E-state index contributed by atoms with van der Waals surface area (Å²) < 4.78 is 31.7. The predicted octanol–water partition coefficient (Wildman–Crippen LogP) is 3.61. The van der Waals surface area contributed by atoms with Gasteiger partial charge in [0.15, 0.2) is 0 Å². The Bertz CT molecular complexity index is 870. The molecule has 0 aliphatic carbocycles. The second kappa shape index (κ2) is 10.1. The van der Waals surface area contributed by atoms with E-state index in [4.69, 9.17) is 9.90 Å². The average Bonchev–Trinajstić information content (AvgIpc) is 2.61. The van der Waals surface area contributed by atoms with Gasteiger partial charge in [-0.3, -0.25) is 4.79 Å². The molecule has 0 atom stereocenters. The summed E-state index contributed by atoms with van der Waals surface area (Å²) in [5.74, 6) is -4.02. The lowest BCUT2D eigenvalue weighted by Gasteiger charge is -2.22. The second-order valence-corrected chi connectivity index (χ2v) is 5.86. The summed E-state index contributed by atoms with van der Waals surface area (Å²) in [5, 5.41) is 19.1. The molecule has 2 aromatic rings. The molecule has 10 heteroatoms. The van der Waals surface area contributed by atoms with Gasteiger partial charge < -0.3 is 20.4 Å². The second-order valence-electron chi connectivity index (χ2n) is 5.86. The highest BCUT2D eigenvalue weighted by atomic mass is 19.4. The molecular weight excluding hydrogens is 393 g/mol. The zero-order chi connectivity index (χ0) is 22.2. The third kappa shape index (κ3) is 7.91. The maximum Gasteiger partial charge on any atom is 0.490 e. The van der Waals surface area contributed by atoms with E-state index in [0.29, 0.717) is 17.9 Å². The molecule has 29 heavy (non-hydrogen) atoms. The number of anilines is 2. The number of aromatic carboxylic acids is 1. The number of carboxylic acids is 2. The highest BCUT2D eigenvalue weighted by molar-refractivity contribution is 5.97. The van der Waals surface area contributed by atoms with Crippen LogP contribution in [0.4, 0.5) is 24.5 Å². The molecule has 0 saturated carbocycles. The van der Waals surface area contributed by atoms with Gasteiger partial charge in [-0.15, -0.1) is 0 Å². The van der Waals surface area contributed by atoms with Crippen molar-refractivity contribution in [1.82, 2.24) is 0 Å². The summed E-state index contributed by atoms with van der Waals surface area (Å²) in [7, 11) is 1.84. The molecule has 156 valence electrons. The Morgan fingerprint density at radius 2 is 1.59 bits per heavy atom. The molecule has 1 amide bonds. The van der Waals surface area contributed by atoms with Gasteiger partial charge in [0.2, 0.25) is 5.91 Å². The van der Waals surface area contributed by atoms with Gasteiger partial charge in [-0.05, 0) is 23.8 Å². The number of benzene rings is 2. The van der Waals surface area contributed by atoms with E-state index in [0.717, 1.165) is 5.56 Å². The number of carbonyl (C=O) groups excluding carboxylic acids is 1. The molecule has 0 radical (unpaired) electrons. The summed E-state index contributed by atoms with van der Waals surface area (Å²) >= 11 is 0. The maximum atomic E-state index is 11.5. The zero-order valence-electron chi connectivity index (χ0n) is 15.5. The van der Waals surface area contributed by atoms with E-state index in [1.54, 1.807) is 12.1 Å². The molecule has 0 spiro atoms. The van der Waals surface area contributed by atoms with E-state index in [2.05, 4.69) is 5.32 Å². The minimum atomic E-state index is -5.08. The van der Waals surface area contributed by atoms with E-state index >= 15 is 0 Å². The molecule has 2 rings (SSSR count). The Morgan fingerprint density at radius 3 is 2.03 bits per heavy atom. The van der Waals surface area contributed by atoms with Crippen LogP contribution < -0.4 is 10.2 Å². The standard InChI is InChI=1S/C17H18N2O3.C2HF3O2/c1-12(20)18-14-8-9-16(15(10-14)17(21)22)19(2)11-13-6-4-3-5-7-13;3-2(4,5)1(6)7/h3-10H,11H2,1-2H3,(H,18,20)(H,21,22);(H,6,7). The molecule has 0 bridgehead atoms. The fourth-order valence-corrected chi connectivity index (χ4v) is 2.26. The number of rotatable bonds is 5. The molecule has 0 aliphatic heterocycles. The number of nitrogens with zero attached hydrogens (tertiary/aromatic N) is 1. The van der Waals surface area contributed by atoms with Crippen molar-refractivity contribution < 1.29 is 37.8 Å². The van der Waals surface area contributed by atoms with Crippen molar-refractivity contribution in [2.45, 2.75) is 19.6 Å². The van der Waals surface area contributed by atoms with Crippen LogP contribution in [-0.2, 0) is 16.1 Å². The first-order valence-corrected chi connectivity index (χ1v) is 8.12. The third-order valence-corrected chi connectivity index (χ3v) is 3.46. The Kier molecular flexibility index (Phi) is 8.19. The van der Waals surface area contributed by atoms with Crippen LogP contribution in [0.2, 0.25) is 0 Å². The van der Waals surface area contributed by atoms with Crippen molar-refractivity contribution in [1.29, 1.82) is 0 Å². The lowest BCUT2D eigenvalue weighted by atomic mass is 10.1. The lowest BCUT2D eigenvalue weighted by Crippen LogP contribution is -2.21. The number of carbonyl (C=O) groups is 3.